The van der Waals surface area contributed by atoms with Crippen molar-refractivity contribution < 1.29 is 0 Å². The van der Waals surface area contributed by atoms with Crippen LogP contribution in [0.1, 0.15) is 45.4 Å². The molecule has 0 bridgehead atoms. The number of hydrogen-bond donors (Lipinski definition) is 0. The van der Waals surface area contributed by atoms with Gasteiger partial charge in [-0.2, -0.15) is 0 Å². The lowest BCUT2D eigenvalue weighted by atomic mass is 10.1. The lowest BCUT2D eigenvalue weighted by Crippen LogP contribution is -1.77. The highest BCUT2D eigenvalue weighted by Crippen LogP contribution is 2.05. The van der Waals surface area contributed by atoms with Crippen molar-refractivity contribution in [1.29, 1.82) is 0 Å². The summed E-state index contributed by atoms with van der Waals surface area (Å²) in [5, 5.41) is 1.28. The fourth-order valence-electron chi connectivity index (χ4n) is 0.925. The van der Waals surface area contributed by atoms with E-state index in [1.54, 1.807) is 0 Å². The normalized spacial score (nSPS) is 8.90. The van der Waals surface area contributed by atoms with Gasteiger partial charge in [-0.3, -0.25) is 0 Å². The highest BCUT2D eigenvalue weighted by molar-refractivity contribution is 6.08. The largest absolute Gasteiger partial charge is 0.147 e. The van der Waals surface area contributed by atoms with E-state index < -0.39 is 0 Å². The van der Waals surface area contributed by atoms with Crippen LogP contribution in [0, 0.1) is 0 Å². The Kier molecular flexibility index (Phi) is 16.8. The molecule has 0 heterocycles. The summed E-state index contributed by atoms with van der Waals surface area (Å²) in [6.45, 7) is 2.26. The van der Waals surface area contributed by atoms with Crippen LogP contribution in [0.5, 0.6) is 0 Å². The molecule has 0 aliphatic rings. The molecule has 0 aromatic carbocycles. The number of rotatable bonds is 6. The minimum Gasteiger partial charge on any atom is -0.147 e. The van der Waals surface area contributed by atoms with Crippen LogP contribution in [-0.4, -0.2) is 16.3 Å². The first kappa shape index (κ1) is 13.4. The van der Waals surface area contributed by atoms with E-state index in [0.717, 1.165) is 0 Å². The molecule has 60 valence electrons. The van der Waals surface area contributed by atoms with Crippen LogP contribution < -0.4 is 0 Å². The molecule has 0 saturated heterocycles. The molecular formula is C8H18AlCl. The maximum absolute atomic E-state index is 2.78. The Bertz CT molecular complexity index is 42.5. The maximum atomic E-state index is 2.78. The van der Waals surface area contributed by atoms with E-state index >= 15 is 0 Å². The van der Waals surface area contributed by atoms with Crippen molar-refractivity contribution in [2.45, 2.75) is 50.7 Å². The van der Waals surface area contributed by atoms with Gasteiger partial charge in [0.05, 0.1) is 0 Å². The van der Waals surface area contributed by atoms with E-state index in [9.17, 15) is 0 Å². The van der Waals surface area contributed by atoms with Gasteiger partial charge in [0.15, 0.2) is 0 Å². The number of halogens is 1. The third kappa shape index (κ3) is 11.6. The summed E-state index contributed by atoms with van der Waals surface area (Å²) >= 11 is 2.78. The fourth-order valence-corrected chi connectivity index (χ4v) is 1.21. The van der Waals surface area contributed by atoms with Crippen molar-refractivity contribution in [3.63, 3.8) is 0 Å². The van der Waals surface area contributed by atoms with Crippen molar-refractivity contribution in [1.82, 2.24) is 0 Å². The van der Waals surface area contributed by atoms with Gasteiger partial charge in [-0.05, 0) is 0 Å². The molecule has 0 nitrogen and oxygen atoms in total. The first-order chi connectivity index (χ1) is 4.41. The van der Waals surface area contributed by atoms with Gasteiger partial charge in [0, 0.05) is 0 Å². The molecule has 0 atom stereocenters. The summed E-state index contributed by atoms with van der Waals surface area (Å²) in [5.74, 6) is 0. The predicted molar refractivity (Wildman–Crippen MR) is 51.2 cm³/mol. The molecule has 10 heavy (non-hydrogen) atoms. The van der Waals surface area contributed by atoms with E-state index in [2.05, 4.69) is 23.2 Å². The first-order valence-corrected chi connectivity index (χ1v) is 4.93. The van der Waals surface area contributed by atoms with Crippen LogP contribution in [-0.2, 0) is 0 Å². The molecule has 2 heteroatoms. The Morgan fingerprint density at radius 3 is 1.90 bits per heavy atom. The predicted octanol–water partition coefficient (Wildman–Crippen LogP) is 3.36. The average Bonchev–Trinajstić information content (AvgIpc) is 1.89. The fraction of sp³-hybridized carbons (Fsp3) is 1.00. The average molecular weight is 177 g/mol. The summed E-state index contributed by atoms with van der Waals surface area (Å²) in [6, 6.07) is 0. The van der Waals surface area contributed by atoms with E-state index in [1.165, 1.54) is 43.8 Å². The summed E-state index contributed by atoms with van der Waals surface area (Å²) in [7, 11) is 0. The Morgan fingerprint density at radius 2 is 1.40 bits per heavy atom. The highest BCUT2D eigenvalue weighted by Gasteiger charge is 1.85. The molecular weight excluding hydrogens is 159 g/mol. The molecule has 0 unspecified atom stereocenters. The zero-order valence-electron chi connectivity index (χ0n) is 6.94. The van der Waals surface area contributed by atoms with Crippen LogP contribution >= 0.6 is 12.4 Å². The molecule has 0 rings (SSSR count). The molecule has 0 spiro atoms. The van der Waals surface area contributed by atoms with Gasteiger partial charge in [-0.1, -0.05) is 45.4 Å². The smallest absolute Gasteiger partial charge is 0.118 e. The van der Waals surface area contributed by atoms with Gasteiger partial charge in [-0.15, -0.1) is 17.7 Å². The summed E-state index contributed by atoms with van der Waals surface area (Å²) in [6.07, 6.45) is 8.51. The second-order valence-corrected chi connectivity index (χ2v) is 3.13. The van der Waals surface area contributed by atoms with Crippen LogP contribution in [0.15, 0.2) is 0 Å². The molecule has 2 radical (unpaired) electrons. The van der Waals surface area contributed by atoms with Gasteiger partial charge in [0.25, 0.3) is 0 Å². The first-order valence-electron chi connectivity index (χ1n) is 4.12. The monoisotopic (exact) mass is 176 g/mol. The molecule has 0 aliphatic carbocycles. The molecule has 0 N–H and O–H groups in total. The van der Waals surface area contributed by atoms with E-state index in [-0.39, 0.29) is 12.4 Å². The van der Waals surface area contributed by atoms with Gasteiger partial charge < -0.3 is 0 Å². The third-order valence-electron chi connectivity index (χ3n) is 1.56. The van der Waals surface area contributed by atoms with Gasteiger partial charge in [0.2, 0.25) is 0 Å². The lowest BCUT2D eigenvalue weighted by molar-refractivity contribution is 0.624. The Balaban J connectivity index is 0. The number of unbranched alkanes of at least 4 members (excludes halogenated alkanes) is 5. The van der Waals surface area contributed by atoms with Crippen molar-refractivity contribution in [3.05, 3.63) is 0 Å². The Labute approximate surface area is 79.6 Å². The third-order valence-corrected chi connectivity index (χ3v) is 1.97. The van der Waals surface area contributed by atoms with E-state index in [4.69, 9.17) is 0 Å². The van der Waals surface area contributed by atoms with Crippen LogP contribution in [0.25, 0.3) is 0 Å². The summed E-state index contributed by atoms with van der Waals surface area (Å²) in [5.41, 5.74) is 0. The highest BCUT2D eigenvalue weighted by atomic mass is 35.5. The van der Waals surface area contributed by atoms with Crippen molar-refractivity contribution in [3.8, 4) is 0 Å². The van der Waals surface area contributed by atoms with Gasteiger partial charge >= 0.3 is 0 Å². The van der Waals surface area contributed by atoms with Crippen LogP contribution in [0.3, 0.4) is 0 Å². The molecule has 0 aromatic rings. The van der Waals surface area contributed by atoms with Crippen molar-refractivity contribution >= 4 is 28.7 Å². The Hall–Kier alpha value is 0.822. The topological polar surface area (TPSA) is 0 Å². The second-order valence-electron chi connectivity index (χ2n) is 2.56. The molecule has 0 aliphatic heterocycles. The van der Waals surface area contributed by atoms with Gasteiger partial charge in [-0.25, -0.2) is 0 Å². The van der Waals surface area contributed by atoms with Gasteiger partial charge in [0.1, 0.15) is 16.3 Å². The summed E-state index contributed by atoms with van der Waals surface area (Å²) < 4.78 is 0. The summed E-state index contributed by atoms with van der Waals surface area (Å²) in [4.78, 5) is 0. The van der Waals surface area contributed by atoms with Crippen molar-refractivity contribution in [2.75, 3.05) is 0 Å². The molecule has 0 aromatic heterocycles. The quantitative estimate of drug-likeness (QED) is 0.430. The minimum absolute atomic E-state index is 0. The minimum atomic E-state index is 0. The molecule has 0 amide bonds. The maximum Gasteiger partial charge on any atom is 0.118 e. The second kappa shape index (κ2) is 12.5. The van der Waals surface area contributed by atoms with E-state index in [0.29, 0.717) is 0 Å². The van der Waals surface area contributed by atoms with Crippen LogP contribution in [0.4, 0.5) is 0 Å². The van der Waals surface area contributed by atoms with E-state index in [1.807, 2.05) is 0 Å². The standard InChI is InChI=1S/C8H17.Al.ClH/c1-3-5-7-8-6-4-2;;/h1,3-8H2,2H3;;1H. The lowest BCUT2D eigenvalue weighted by Gasteiger charge is -1.96. The van der Waals surface area contributed by atoms with Crippen LogP contribution in [0.2, 0.25) is 5.28 Å². The zero-order valence-corrected chi connectivity index (χ0v) is 8.91. The molecule has 0 fully saturated rings. The van der Waals surface area contributed by atoms with Crippen molar-refractivity contribution in [2.24, 2.45) is 0 Å². The SMILES string of the molecule is CCCCCCC[CH2][Al].Cl. The molecule has 0 saturated carbocycles. The zero-order chi connectivity index (χ0) is 6.95. The number of hydrogen-bond acceptors (Lipinski definition) is 0. The Morgan fingerprint density at radius 1 is 0.900 bits per heavy atom.